The predicted molar refractivity (Wildman–Crippen MR) is 109 cm³/mol. The third-order valence-electron chi connectivity index (χ3n) is 4.05. The van der Waals surface area contributed by atoms with E-state index >= 15 is 0 Å². The molecule has 1 atom stereocenters. The van der Waals surface area contributed by atoms with Crippen LogP contribution in [0, 0.1) is 11.7 Å². The van der Waals surface area contributed by atoms with E-state index in [1.165, 1.54) is 23.5 Å². The molecule has 0 unspecified atom stereocenters. The molecule has 10 heteroatoms. The summed E-state index contributed by atoms with van der Waals surface area (Å²) in [6, 6.07) is 7.51. The number of benzene rings is 1. The van der Waals surface area contributed by atoms with Crippen molar-refractivity contribution in [2.24, 2.45) is 5.92 Å². The fourth-order valence-corrected chi connectivity index (χ4v) is 4.69. The van der Waals surface area contributed by atoms with Crippen LogP contribution in [0.15, 0.2) is 59.1 Å². The second kappa shape index (κ2) is 8.76. The maximum atomic E-state index is 13.9. The number of nitrogens with zero attached hydrogens (tertiary/aromatic N) is 2. The molecule has 0 spiro atoms. The Morgan fingerprint density at radius 3 is 2.59 bits per heavy atom. The highest BCUT2D eigenvalue weighted by Gasteiger charge is 2.30. The zero-order valence-corrected chi connectivity index (χ0v) is 17.3. The van der Waals surface area contributed by atoms with E-state index in [1.54, 1.807) is 37.7 Å². The second-order valence-corrected chi connectivity index (χ2v) is 9.08. The van der Waals surface area contributed by atoms with E-state index in [0.717, 1.165) is 17.7 Å². The van der Waals surface area contributed by atoms with Gasteiger partial charge in [0.2, 0.25) is 15.9 Å². The Hall–Kier alpha value is -2.69. The van der Waals surface area contributed by atoms with Crippen molar-refractivity contribution in [3.05, 3.63) is 60.0 Å². The minimum Gasteiger partial charge on any atom is -0.301 e. The van der Waals surface area contributed by atoms with Crippen molar-refractivity contribution in [3.63, 3.8) is 0 Å². The molecule has 3 aromatic rings. The molecule has 2 aromatic heterocycles. The zero-order valence-electron chi connectivity index (χ0n) is 15.7. The fourth-order valence-electron chi connectivity index (χ4n) is 2.55. The molecule has 2 heterocycles. The van der Waals surface area contributed by atoms with Crippen LogP contribution in [-0.2, 0) is 14.8 Å². The minimum atomic E-state index is -4.22. The number of halogens is 1. The first-order valence-electron chi connectivity index (χ1n) is 8.71. The summed E-state index contributed by atoms with van der Waals surface area (Å²) in [6.45, 7) is 3.38. The Bertz CT molecular complexity index is 1100. The van der Waals surface area contributed by atoms with Gasteiger partial charge < -0.3 is 5.32 Å². The number of nitrogens with one attached hydrogen (secondary N) is 2. The van der Waals surface area contributed by atoms with Crippen molar-refractivity contribution in [1.82, 2.24) is 14.7 Å². The van der Waals surface area contributed by atoms with Crippen LogP contribution in [0.1, 0.15) is 13.8 Å². The highest BCUT2D eigenvalue weighted by Crippen LogP contribution is 2.24. The highest BCUT2D eigenvalue weighted by atomic mass is 32.2. The monoisotopic (exact) mass is 434 g/mol. The lowest BCUT2D eigenvalue weighted by Gasteiger charge is -2.21. The molecule has 1 amide bonds. The molecule has 3 rings (SSSR count). The van der Waals surface area contributed by atoms with Crippen molar-refractivity contribution in [2.75, 3.05) is 5.32 Å². The molecule has 0 fully saturated rings. The summed E-state index contributed by atoms with van der Waals surface area (Å²) in [5.41, 5.74) is 1.44. The summed E-state index contributed by atoms with van der Waals surface area (Å²) >= 11 is 1.21. The molecule has 29 heavy (non-hydrogen) atoms. The third kappa shape index (κ3) is 5.03. The molecule has 7 nitrogen and oxygen atoms in total. The van der Waals surface area contributed by atoms with E-state index in [0.29, 0.717) is 10.8 Å². The molecule has 0 saturated heterocycles. The van der Waals surface area contributed by atoms with Crippen molar-refractivity contribution in [3.8, 4) is 11.3 Å². The number of sulfonamides is 1. The van der Waals surface area contributed by atoms with Crippen molar-refractivity contribution < 1.29 is 17.6 Å². The number of hydrogen-bond donors (Lipinski definition) is 2. The average molecular weight is 435 g/mol. The van der Waals surface area contributed by atoms with Gasteiger partial charge in [0, 0.05) is 23.3 Å². The summed E-state index contributed by atoms with van der Waals surface area (Å²) in [5.74, 6) is -1.84. The van der Waals surface area contributed by atoms with E-state index < -0.39 is 32.7 Å². The Morgan fingerprint density at radius 1 is 1.17 bits per heavy atom. The van der Waals surface area contributed by atoms with Gasteiger partial charge in [0.15, 0.2) is 5.13 Å². The van der Waals surface area contributed by atoms with Crippen LogP contribution in [-0.4, -0.2) is 30.3 Å². The van der Waals surface area contributed by atoms with Gasteiger partial charge >= 0.3 is 0 Å². The van der Waals surface area contributed by atoms with E-state index in [4.69, 9.17) is 0 Å². The molecule has 1 aromatic carbocycles. The van der Waals surface area contributed by atoms with Crippen LogP contribution in [0.25, 0.3) is 11.3 Å². The smallest absolute Gasteiger partial charge is 0.244 e. The predicted octanol–water partition coefficient (Wildman–Crippen LogP) is 3.29. The number of aromatic nitrogens is 2. The number of hydrogen-bond acceptors (Lipinski definition) is 6. The standard InChI is InChI=1S/C19H19FN4O3S2/c1-12(2)17(24-29(26,27)16-8-4-3-7-14(16)20)18(25)23-19-22-15(11-28-19)13-6-5-9-21-10-13/h3-12,17,24H,1-2H3,(H,22,23,25)/t17-/m0/s1. The minimum absolute atomic E-state index is 0.324. The van der Waals surface area contributed by atoms with Crippen LogP contribution >= 0.6 is 11.3 Å². The number of pyridine rings is 1. The lowest BCUT2D eigenvalue weighted by Crippen LogP contribution is -2.47. The number of rotatable bonds is 7. The molecule has 152 valence electrons. The van der Waals surface area contributed by atoms with Gasteiger partial charge in [0.25, 0.3) is 0 Å². The van der Waals surface area contributed by atoms with E-state index in [2.05, 4.69) is 20.0 Å². The van der Waals surface area contributed by atoms with E-state index in [1.807, 2.05) is 6.07 Å². The first-order chi connectivity index (χ1) is 13.8. The molecule has 0 bridgehead atoms. The molecule has 0 aliphatic heterocycles. The summed E-state index contributed by atoms with van der Waals surface area (Å²) in [4.78, 5) is 20.6. The van der Waals surface area contributed by atoms with Crippen molar-refractivity contribution in [1.29, 1.82) is 0 Å². The lowest BCUT2D eigenvalue weighted by molar-refractivity contribution is -0.118. The van der Waals surface area contributed by atoms with Crippen molar-refractivity contribution in [2.45, 2.75) is 24.8 Å². The van der Waals surface area contributed by atoms with Gasteiger partial charge in [-0.15, -0.1) is 11.3 Å². The third-order valence-corrected chi connectivity index (χ3v) is 6.28. The lowest BCUT2D eigenvalue weighted by atomic mass is 10.1. The van der Waals surface area contributed by atoms with Crippen LogP contribution in [0.2, 0.25) is 0 Å². The molecule has 0 aliphatic carbocycles. The Balaban J connectivity index is 1.77. The van der Waals surface area contributed by atoms with Gasteiger partial charge in [-0.3, -0.25) is 9.78 Å². The summed E-state index contributed by atoms with van der Waals surface area (Å²) < 4.78 is 41.3. The molecule has 0 aliphatic rings. The van der Waals surface area contributed by atoms with E-state index in [9.17, 15) is 17.6 Å². The van der Waals surface area contributed by atoms with Crippen LogP contribution < -0.4 is 10.0 Å². The molecular weight excluding hydrogens is 415 g/mol. The topological polar surface area (TPSA) is 101 Å². The summed E-state index contributed by atoms with van der Waals surface area (Å²) in [6.07, 6.45) is 3.30. The SMILES string of the molecule is CC(C)[C@H](NS(=O)(=O)c1ccccc1F)C(=O)Nc1nc(-c2cccnc2)cs1. The molecule has 0 radical (unpaired) electrons. The number of anilines is 1. The number of thiazole rings is 1. The molecular formula is C19H19FN4O3S2. The normalized spacial score (nSPS) is 12.7. The van der Waals surface area contributed by atoms with Gasteiger partial charge in [-0.2, -0.15) is 4.72 Å². The summed E-state index contributed by atoms with van der Waals surface area (Å²) in [7, 11) is -4.22. The van der Waals surface area contributed by atoms with Gasteiger partial charge in [0.05, 0.1) is 5.69 Å². The maximum Gasteiger partial charge on any atom is 0.244 e. The van der Waals surface area contributed by atoms with Gasteiger partial charge in [-0.05, 0) is 30.2 Å². The van der Waals surface area contributed by atoms with E-state index in [-0.39, 0.29) is 5.92 Å². The van der Waals surface area contributed by atoms with Gasteiger partial charge in [0.1, 0.15) is 16.8 Å². The fraction of sp³-hybridized carbons (Fsp3) is 0.211. The average Bonchev–Trinajstić information content (AvgIpc) is 3.15. The largest absolute Gasteiger partial charge is 0.301 e. The quantitative estimate of drug-likeness (QED) is 0.594. The Labute approximate surface area is 172 Å². The Morgan fingerprint density at radius 2 is 1.93 bits per heavy atom. The van der Waals surface area contributed by atoms with Gasteiger partial charge in [-0.1, -0.05) is 26.0 Å². The van der Waals surface area contributed by atoms with Crippen molar-refractivity contribution >= 4 is 32.4 Å². The van der Waals surface area contributed by atoms with Gasteiger partial charge in [-0.25, -0.2) is 17.8 Å². The number of carbonyl (C=O) groups is 1. The highest BCUT2D eigenvalue weighted by molar-refractivity contribution is 7.89. The number of amides is 1. The summed E-state index contributed by atoms with van der Waals surface area (Å²) in [5, 5.41) is 4.72. The van der Waals surface area contributed by atoms with Crippen LogP contribution in [0.4, 0.5) is 9.52 Å². The molecule has 2 N–H and O–H groups in total. The second-order valence-electron chi connectivity index (χ2n) is 6.54. The van der Waals surface area contributed by atoms with Crippen LogP contribution in [0.3, 0.4) is 0 Å². The first kappa shape index (κ1) is 21.0. The van der Waals surface area contributed by atoms with Crippen LogP contribution in [0.5, 0.6) is 0 Å². The maximum absolute atomic E-state index is 13.9. The molecule has 0 saturated carbocycles. The zero-order chi connectivity index (χ0) is 21.0. The number of carbonyl (C=O) groups excluding carboxylic acids is 1. The first-order valence-corrected chi connectivity index (χ1v) is 11.1. The Kier molecular flexibility index (Phi) is 6.36.